The molecule has 0 heterocycles. The summed E-state index contributed by atoms with van der Waals surface area (Å²) in [5, 5.41) is 7.84. The monoisotopic (exact) mass is 315 g/mol. The Morgan fingerprint density at radius 1 is 1.22 bits per heavy atom. The van der Waals surface area contributed by atoms with Crippen molar-refractivity contribution in [2.24, 2.45) is 0 Å². The minimum Gasteiger partial charge on any atom is -0.352 e. The van der Waals surface area contributed by atoms with Crippen LogP contribution in [-0.2, 0) is 14.4 Å². The summed E-state index contributed by atoms with van der Waals surface area (Å²) in [6.07, 6.45) is 5.04. The molecule has 1 saturated carbocycles. The van der Waals surface area contributed by atoms with E-state index in [9.17, 15) is 14.4 Å². The molecule has 3 amide bonds. The van der Waals surface area contributed by atoms with E-state index >= 15 is 0 Å². The smallest absolute Gasteiger partial charge is 0.244 e. The van der Waals surface area contributed by atoms with Crippen LogP contribution in [0.5, 0.6) is 0 Å². The summed E-state index contributed by atoms with van der Waals surface area (Å²) in [6, 6.07) is 8.94. The van der Waals surface area contributed by atoms with Gasteiger partial charge in [0, 0.05) is 12.1 Å². The van der Waals surface area contributed by atoms with Crippen molar-refractivity contribution in [2.75, 3.05) is 6.54 Å². The Bertz CT molecular complexity index is 594. The van der Waals surface area contributed by atoms with Crippen LogP contribution in [-0.4, -0.2) is 36.3 Å². The van der Waals surface area contributed by atoms with Crippen molar-refractivity contribution in [3.8, 4) is 0 Å². The molecule has 6 heteroatoms. The van der Waals surface area contributed by atoms with Gasteiger partial charge in [-0.2, -0.15) is 0 Å². The number of carbonyl (C=O) groups excluding carboxylic acids is 3. The van der Waals surface area contributed by atoms with Crippen LogP contribution in [0.4, 0.5) is 0 Å². The van der Waals surface area contributed by atoms with Crippen molar-refractivity contribution in [1.82, 2.24) is 16.0 Å². The zero-order valence-electron chi connectivity index (χ0n) is 13.0. The number of hydrogen-bond acceptors (Lipinski definition) is 3. The average molecular weight is 315 g/mol. The highest BCUT2D eigenvalue weighted by atomic mass is 16.2. The number of rotatable bonds is 7. The number of nitrogens with one attached hydrogen (secondary N) is 3. The maximum atomic E-state index is 11.8. The molecule has 23 heavy (non-hydrogen) atoms. The van der Waals surface area contributed by atoms with Gasteiger partial charge in [0.1, 0.15) is 6.04 Å². The van der Waals surface area contributed by atoms with Crippen LogP contribution in [0.25, 0.3) is 6.08 Å². The van der Waals surface area contributed by atoms with E-state index in [4.69, 9.17) is 0 Å². The van der Waals surface area contributed by atoms with E-state index in [-0.39, 0.29) is 24.4 Å². The Hall–Kier alpha value is -2.63. The van der Waals surface area contributed by atoms with E-state index in [1.54, 1.807) is 13.0 Å². The van der Waals surface area contributed by atoms with Gasteiger partial charge in [0.15, 0.2) is 0 Å². The predicted molar refractivity (Wildman–Crippen MR) is 87.3 cm³/mol. The normalized spacial score (nSPS) is 15.0. The van der Waals surface area contributed by atoms with Crippen LogP contribution >= 0.6 is 0 Å². The Balaban J connectivity index is 1.70. The fourth-order valence-corrected chi connectivity index (χ4v) is 1.89. The predicted octanol–water partition coefficient (Wildman–Crippen LogP) is 0.599. The van der Waals surface area contributed by atoms with Crippen molar-refractivity contribution >= 4 is 23.8 Å². The van der Waals surface area contributed by atoms with Gasteiger partial charge in [-0.05, 0) is 31.4 Å². The highest BCUT2D eigenvalue weighted by molar-refractivity contribution is 5.96. The minimum atomic E-state index is -0.711. The standard InChI is InChI=1S/C17H21N3O3/c1-12(17(23)18-11-16(22)20-14-8-9-14)19-15(21)10-7-13-5-3-2-4-6-13/h2-7,10,12,14H,8-9,11H2,1H3,(H,18,23)(H,19,21)(H,20,22)/b10-7+/t12-/m0/s1. The molecule has 1 aliphatic rings. The van der Waals surface area contributed by atoms with Crippen LogP contribution in [0.1, 0.15) is 25.3 Å². The average Bonchev–Trinajstić information content (AvgIpc) is 3.35. The molecule has 1 aromatic rings. The van der Waals surface area contributed by atoms with E-state index in [2.05, 4.69) is 16.0 Å². The lowest BCUT2D eigenvalue weighted by Gasteiger charge is -2.12. The molecule has 0 spiro atoms. The van der Waals surface area contributed by atoms with Gasteiger partial charge in [0.2, 0.25) is 17.7 Å². The third kappa shape index (κ3) is 6.34. The summed E-state index contributed by atoms with van der Waals surface area (Å²) in [7, 11) is 0. The summed E-state index contributed by atoms with van der Waals surface area (Å²) in [5.74, 6) is -0.959. The fourth-order valence-electron chi connectivity index (χ4n) is 1.89. The summed E-state index contributed by atoms with van der Waals surface area (Å²) in [6.45, 7) is 1.50. The molecule has 122 valence electrons. The van der Waals surface area contributed by atoms with E-state index in [0.29, 0.717) is 0 Å². The third-order valence-electron chi connectivity index (χ3n) is 3.34. The lowest BCUT2D eigenvalue weighted by atomic mass is 10.2. The van der Waals surface area contributed by atoms with Gasteiger partial charge in [0.25, 0.3) is 0 Å². The molecule has 0 saturated heterocycles. The summed E-state index contributed by atoms with van der Waals surface area (Å²) < 4.78 is 0. The van der Waals surface area contributed by atoms with E-state index < -0.39 is 11.9 Å². The van der Waals surface area contributed by atoms with Gasteiger partial charge in [0.05, 0.1) is 6.54 Å². The summed E-state index contributed by atoms with van der Waals surface area (Å²) in [5.41, 5.74) is 0.900. The van der Waals surface area contributed by atoms with Crippen molar-refractivity contribution in [3.05, 3.63) is 42.0 Å². The molecule has 2 rings (SSSR count). The summed E-state index contributed by atoms with van der Waals surface area (Å²) >= 11 is 0. The first-order valence-corrected chi connectivity index (χ1v) is 7.65. The molecule has 0 bridgehead atoms. The van der Waals surface area contributed by atoms with Gasteiger partial charge < -0.3 is 16.0 Å². The van der Waals surface area contributed by atoms with Gasteiger partial charge in [-0.1, -0.05) is 30.3 Å². The first-order chi connectivity index (χ1) is 11.0. The van der Waals surface area contributed by atoms with Crippen LogP contribution in [0.2, 0.25) is 0 Å². The maximum absolute atomic E-state index is 11.8. The lowest BCUT2D eigenvalue weighted by Crippen LogP contribution is -2.47. The van der Waals surface area contributed by atoms with Crippen molar-refractivity contribution < 1.29 is 14.4 Å². The van der Waals surface area contributed by atoms with Crippen LogP contribution in [0, 0.1) is 0 Å². The molecule has 0 aliphatic heterocycles. The summed E-state index contributed by atoms with van der Waals surface area (Å²) in [4.78, 5) is 35.1. The Morgan fingerprint density at radius 3 is 2.57 bits per heavy atom. The molecule has 0 unspecified atom stereocenters. The quantitative estimate of drug-likeness (QED) is 0.644. The SMILES string of the molecule is C[C@H](NC(=O)/C=C/c1ccccc1)C(=O)NCC(=O)NC1CC1. The number of amides is 3. The van der Waals surface area contributed by atoms with Crippen LogP contribution < -0.4 is 16.0 Å². The molecule has 1 aromatic carbocycles. The first-order valence-electron chi connectivity index (χ1n) is 7.65. The van der Waals surface area contributed by atoms with E-state index in [1.165, 1.54) is 6.08 Å². The minimum absolute atomic E-state index is 0.0740. The molecule has 3 N–H and O–H groups in total. The van der Waals surface area contributed by atoms with Crippen molar-refractivity contribution in [2.45, 2.75) is 31.8 Å². The van der Waals surface area contributed by atoms with Gasteiger partial charge in [-0.3, -0.25) is 14.4 Å². The largest absolute Gasteiger partial charge is 0.352 e. The lowest BCUT2D eigenvalue weighted by molar-refractivity contribution is -0.128. The second-order valence-corrected chi connectivity index (χ2v) is 5.53. The fraction of sp³-hybridized carbons (Fsp3) is 0.353. The van der Waals surface area contributed by atoms with Crippen LogP contribution in [0.3, 0.4) is 0 Å². The molecular formula is C17H21N3O3. The highest BCUT2D eigenvalue weighted by Gasteiger charge is 2.23. The zero-order chi connectivity index (χ0) is 16.7. The molecule has 0 radical (unpaired) electrons. The Morgan fingerprint density at radius 2 is 1.91 bits per heavy atom. The number of benzene rings is 1. The second kappa shape index (κ2) is 8.12. The Kier molecular flexibility index (Phi) is 5.91. The van der Waals surface area contributed by atoms with E-state index in [1.807, 2.05) is 30.3 Å². The first kappa shape index (κ1) is 16.7. The van der Waals surface area contributed by atoms with Gasteiger partial charge in [-0.15, -0.1) is 0 Å². The molecular weight excluding hydrogens is 294 g/mol. The Labute approximate surface area is 135 Å². The molecule has 1 fully saturated rings. The van der Waals surface area contributed by atoms with Crippen LogP contribution in [0.15, 0.2) is 36.4 Å². The highest BCUT2D eigenvalue weighted by Crippen LogP contribution is 2.18. The number of carbonyl (C=O) groups is 3. The van der Waals surface area contributed by atoms with Crippen molar-refractivity contribution in [3.63, 3.8) is 0 Å². The van der Waals surface area contributed by atoms with Gasteiger partial charge in [-0.25, -0.2) is 0 Å². The second-order valence-electron chi connectivity index (χ2n) is 5.53. The molecule has 1 aliphatic carbocycles. The third-order valence-corrected chi connectivity index (χ3v) is 3.34. The van der Waals surface area contributed by atoms with Gasteiger partial charge >= 0.3 is 0 Å². The van der Waals surface area contributed by atoms with Crippen molar-refractivity contribution in [1.29, 1.82) is 0 Å². The molecule has 0 aromatic heterocycles. The molecule has 1 atom stereocenters. The number of hydrogen-bond donors (Lipinski definition) is 3. The topological polar surface area (TPSA) is 87.3 Å². The molecule has 6 nitrogen and oxygen atoms in total. The zero-order valence-corrected chi connectivity index (χ0v) is 13.0. The maximum Gasteiger partial charge on any atom is 0.244 e. The van der Waals surface area contributed by atoms with E-state index in [0.717, 1.165) is 18.4 Å².